The highest BCUT2D eigenvalue weighted by atomic mass is 16.1. The van der Waals surface area contributed by atoms with E-state index in [0.717, 1.165) is 5.69 Å². The van der Waals surface area contributed by atoms with E-state index in [-0.39, 0.29) is 0 Å². The normalized spacial score (nSPS) is 9.75. The number of hydrogen-bond donors (Lipinski definition) is 0. The second-order valence-electron chi connectivity index (χ2n) is 3.35. The SMILES string of the molecule is Cc1cc([C]=O)n(-c2cccc(C#N)c2)n1. The molecule has 0 atom stereocenters. The number of benzene rings is 1. The zero-order chi connectivity index (χ0) is 11.5. The van der Waals surface area contributed by atoms with Gasteiger partial charge >= 0.3 is 0 Å². The van der Waals surface area contributed by atoms with E-state index in [4.69, 9.17) is 5.26 Å². The first-order chi connectivity index (χ1) is 7.74. The summed E-state index contributed by atoms with van der Waals surface area (Å²) in [6, 6.07) is 10.6. The van der Waals surface area contributed by atoms with E-state index >= 15 is 0 Å². The quantitative estimate of drug-likeness (QED) is 0.754. The minimum atomic E-state index is 0.354. The molecule has 0 fully saturated rings. The molecule has 0 saturated heterocycles. The molecule has 1 radical (unpaired) electrons. The standard InChI is InChI=1S/C12H8N3O/c1-9-5-12(8-16)15(14-9)11-4-2-3-10(6-11)7-13/h2-6H,1H3. The number of aromatic nitrogens is 2. The van der Waals surface area contributed by atoms with Gasteiger partial charge in [0.05, 0.1) is 23.0 Å². The van der Waals surface area contributed by atoms with Crippen molar-refractivity contribution in [3.63, 3.8) is 0 Å². The summed E-state index contributed by atoms with van der Waals surface area (Å²) in [6.45, 7) is 1.80. The van der Waals surface area contributed by atoms with Crippen molar-refractivity contribution in [3.8, 4) is 11.8 Å². The molecule has 4 heteroatoms. The van der Waals surface area contributed by atoms with Crippen molar-refractivity contribution >= 4 is 6.29 Å². The molecule has 16 heavy (non-hydrogen) atoms. The van der Waals surface area contributed by atoms with Gasteiger partial charge in [0.15, 0.2) is 0 Å². The van der Waals surface area contributed by atoms with E-state index in [9.17, 15) is 4.79 Å². The Hall–Kier alpha value is -2.41. The largest absolute Gasteiger partial charge is 0.283 e. The molecule has 0 spiro atoms. The van der Waals surface area contributed by atoms with Crippen LogP contribution >= 0.6 is 0 Å². The van der Waals surface area contributed by atoms with Crippen molar-refractivity contribution in [2.24, 2.45) is 0 Å². The first kappa shape index (κ1) is 10.1. The van der Waals surface area contributed by atoms with Gasteiger partial charge in [0.1, 0.15) is 5.69 Å². The Morgan fingerprint density at radius 1 is 1.38 bits per heavy atom. The fraction of sp³-hybridized carbons (Fsp3) is 0.0833. The monoisotopic (exact) mass is 210 g/mol. The molecule has 2 aromatic rings. The molecule has 0 unspecified atom stereocenters. The third-order valence-electron chi connectivity index (χ3n) is 2.16. The first-order valence-corrected chi connectivity index (χ1v) is 4.70. The highest BCUT2D eigenvalue weighted by Crippen LogP contribution is 2.12. The molecule has 2 rings (SSSR count). The lowest BCUT2D eigenvalue weighted by molar-refractivity contribution is 0.559. The molecule has 0 N–H and O–H groups in total. The van der Waals surface area contributed by atoms with Crippen molar-refractivity contribution in [1.82, 2.24) is 9.78 Å². The Balaban J connectivity index is 2.58. The Bertz CT molecular complexity index is 578. The first-order valence-electron chi connectivity index (χ1n) is 4.70. The van der Waals surface area contributed by atoms with Gasteiger partial charge in [-0.15, -0.1) is 0 Å². The lowest BCUT2D eigenvalue weighted by Gasteiger charge is -2.02. The fourth-order valence-corrected chi connectivity index (χ4v) is 1.48. The predicted molar refractivity (Wildman–Crippen MR) is 57.8 cm³/mol. The van der Waals surface area contributed by atoms with Crippen LogP contribution in [0.1, 0.15) is 17.0 Å². The van der Waals surface area contributed by atoms with Gasteiger partial charge in [-0.2, -0.15) is 10.4 Å². The van der Waals surface area contributed by atoms with Crippen LogP contribution in [0.25, 0.3) is 5.69 Å². The Kier molecular flexibility index (Phi) is 2.52. The van der Waals surface area contributed by atoms with E-state index < -0.39 is 0 Å². The average Bonchev–Trinajstić information content (AvgIpc) is 2.70. The predicted octanol–water partition coefficient (Wildman–Crippen LogP) is 1.51. The summed E-state index contributed by atoms with van der Waals surface area (Å²) in [5.74, 6) is 0. The lowest BCUT2D eigenvalue weighted by atomic mass is 10.2. The van der Waals surface area contributed by atoms with Crippen molar-refractivity contribution in [1.29, 1.82) is 5.26 Å². The highest BCUT2D eigenvalue weighted by molar-refractivity contribution is 5.74. The van der Waals surface area contributed by atoms with Crippen molar-refractivity contribution < 1.29 is 4.79 Å². The summed E-state index contributed by atoms with van der Waals surface area (Å²) in [4.78, 5) is 10.7. The van der Waals surface area contributed by atoms with E-state index in [1.807, 2.05) is 12.4 Å². The summed E-state index contributed by atoms with van der Waals surface area (Å²) in [5, 5.41) is 13.0. The van der Waals surface area contributed by atoms with Crippen LogP contribution < -0.4 is 0 Å². The van der Waals surface area contributed by atoms with Gasteiger partial charge in [-0.05, 0) is 31.2 Å². The van der Waals surface area contributed by atoms with Crippen LogP contribution in [-0.2, 0) is 4.79 Å². The maximum atomic E-state index is 10.7. The van der Waals surface area contributed by atoms with Gasteiger partial charge in [0.2, 0.25) is 0 Å². The molecule has 0 aliphatic heterocycles. The lowest BCUT2D eigenvalue weighted by Crippen LogP contribution is -2.01. The molecule has 1 aromatic carbocycles. The maximum absolute atomic E-state index is 10.7. The summed E-state index contributed by atoms with van der Waals surface area (Å²) < 4.78 is 1.48. The van der Waals surface area contributed by atoms with Crippen molar-refractivity contribution in [2.45, 2.75) is 6.92 Å². The number of aryl methyl sites for hydroxylation is 1. The van der Waals surface area contributed by atoms with Gasteiger partial charge in [-0.25, -0.2) is 4.68 Å². The van der Waals surface area contributed by atoms with Gasteiger partial charge in [-0.1, -0.05) is 6.07 Å². The highest BCUT2D eigenvalue weighted by Gasteiger charge is 2.07. The molecular formula is C12H8N3O. The second-order valence-corrected chi connectivity index (χ2v) is 3.35. The molecule has 1 aromatic heterocycles. The van der Waals surface area contributed by atoms with Crippen molar-refractivity contribution in [3.05, 3.63) is 47.3 Å². The zero-order valence-electron chi connectivity index (χ0n) is 8.64. The summed E-state index contributed by atoms with van der Waals surface area (Å²) in [6.07, 6.45) is 1.82. The molecule has 0 bridgehead atoms. The zero-order valence-corrected chi connectivity index (χ0v) is 8.64. The average molecular weight is 210 g/mol. The molecule has 0 aliphatic rings. The molecule has 4 nitrogen and oxygen atoms in total. The second kappa shape index (κ2) is 3.99. The topological polar surface area (TPSA) is 58.7 Å². The number of nitriles is 1. The van der Waals surface area contributed by atoms with Crippen LogP contribution in [-0.4, -0.2) is 16.1 Å². The van der Waals surface area contributed by atoms with Gasteiger partial charge in [-0.3, -0.25) is 4.79 Å². The van der Waals surface area contributed by atoms with E-state index in [2.05, 4.69) is 5.10 Å². The summed E-state index contributed by atoms with van der Waals surface area (Å²) in [5.41, 5.74) is 2.31. The van der Waals surface area contributed by atoms with Crippen LogP contribution in [0.2, 0.25) is 0 Å². The number of rotatable bonds is 2. The number of carbonyl (C=O) groups excluding carboxylic acids is 1. The van der Waals surface area contributed by atoms with Gasteiger partial charge in [0, 0.05) is 0 Å². The van der Waals surface area contributed by atoms with E-state index in [1.54, 1.807) is 37.3 Å². The van der Waals surface area contributed by atoms with Crippen LogP contribution in [0.5, 0.6) is 0 Å². The minimum Gasteiger partial charge on any atom is -0.283 e. The Morgan fingerprint density at radius 3 is 2.88 bits per heavy atom. The van der Waals surface area contributed by atoms with Crippen LogP contribution in [0.4, 0.5) is 0 Å². The molecular weight excluding hydrogens is 202 g/mol. The molecule has 0 aliphatic carbocycles. The van der Waals surface area contributed by atoms with Gasteiger partial charge in [0.25, 0.3) is 6.29 Å². The van der Waals surface area contributed by atoms with Crippen LogP contribution in [0.3, 0.4) is 0 Å². The number of hydrogen-bond acceptors (Lipinski definition) is 3. The Morgan fingerprint density at radius 2 is 2.19 bits per heavy atom. The van der Waals surface area contributed by atoms with Crippen LogP contribution in [0.15, 0.2) is 30.3 Å². The van der Waals surface area contributed by atoms with E-state index in [0.29, 0.717) is 16.9 Å². The third-order valence-corrected chi connectivity index (χ3v) is 2.16. The van der Waals surface area contributed by atoms with Crippen molar-refractivity contribution in [2.75, 3.05) is 0 Å². The smallest absolute Gasteiger partial charge is 0.253 e. The molecule has 77 valence electrons. The Labute approximate surface area is 92.7 Å². The summed E-state index contributed by atoms with van der Waals surface area (Å²) >= 11 is 0. The molecule has 0 amide bonds. The third kappa shape index (κ3) is 1.71. The fourth-order valence-electron chi connectivity index (χ4n) is 1.48. The number of nitrogens with zero attached hydrogens (tertiary/aromatic N) is 3. The van der Waals surface area contributed by atoms with Gasteiger partial charge < -0.3 is 0 Å². The van der Waals surface area contributed by atoms with E-state index in [1.165, 1.54) is 4.68 Å². The molecule has 1 heterocycles. The van der Waals surface area contributed by atoms with Crippen LogP contribution in [0, 0.1) is 18.3 Å². The minimum absolute atomic E-state index is 0.354. The maximum Gasteiger partial charge on any atom is 0.253 e. The molecule has 0 saturated carbocycles. The summed E-state index contributed by atoms with van der Waals surface area (Å²) in [7, 11) is 0.